The highest BCUT2D eigenvalue weighted by atomic mass is 19.4. The van der Waals surface area contributed by atoms with Crippen molar-refractivity contribution < 1.29 is 27.2 Å². The SMILES string of the molecule is NC(=O)CC(CCCNc1n[nH]c(=O)c2ccccc12)c1nc(-c2cccc(OCC(F)(F)F)c2)no1. The molecule has 2 aromatic heterocycles. The third kappa shape index (κ3) is 6.84. The Balaban J connectivity index is 1.41. The molecule has 4 rings (SSSR count). The Bertz CT molecular complexity index is 1440. The van der Waals surface area contributed by atoms with Crippen LogP contribution in [-0.2, 0) is 4.79 Å². The molecule has 1 amide bonds. The van der Waals surface area contributed by atoms with Crippen LogP contribution in [0.2, 0.25) is 0 Å². The van der Waals surface area contributed by atoms with Gasteiger partial charge in [-0.25, -0.2) is 5.10 Å². The predicted octanol–water partition coefficient (Wildman–Crippen LogP) is 3.77. The number of alkyl halides is 3. The van der Waals surface area contributed by atoms with Gasteiger partial charge in [0, 0.05) is 29.8 Å². The first-order valence-electron chi connectivity index (χ1n) is 11.3. The van der Waals surface area contributed by atoms with Gasteiger partial charge in [-0.1, -0.05) is 35.5 Å². The zero-order valence-corrected chi connectivity index (χ0v) is 19.4. The van der Waals surface area contributed by atoms with Crippen molar-refractivity contribution in [2.45, 2.75) is 31.4 Å². The molecule has 194 valence electrons. The van der Waals surface area contributed by atoms with Crippen molar-refractivity contribution in [1.82, 2.24) is 20.3 Å². The summed E-state index contributed by atoms with van der Waals surface area (Å²) in [7, 11) is 0. The molecule has 0 saturated carbocycles. The quantitative estimate of drug-likeness (QED) is 0.255. The van der Waals surface area contributed by atoms with Crippen molar-refractivity contribution in [1.29, 1.82) is 0 Å². The summed E-state index contributed by atoms with van der Waals surface area (Å²) in [5, 5.41) is 14.8. The zero-order chi connectivity index (χ0) is 26.4. The van der Waals surface area contributed by atoms with Gasteiger partial charge in [-0.15, -0.1) is 0 Å². The number of amides is 1. The van der Waals surface area contributed by atoms with E-state index >= 15 is 0 Å². The molecule has 4 aromatic rings. The number of H-pyrrole nitrogens is 1. The first-order valence-corrected chi connectivity index (χ1v) is 11.3. The van der Waals surface area contributed by atoms with Gasteiger partial charge < -0.3 is 20.3 Å². The maximum atomic E-state index is 12.4. The summed E-state index contributed by atoms with van der Waals surface area (Å²) >= 11 is 0. The third-order valence-electron chi connectivity index (χ3n) is 5.45. The number of nitrogens with two attached hydrogens (primary N) is 1. The van der Waals surface area contributed by atoms with E-state index in [1.165, 1.54) is 18.2 Å². The van der Waals surface area contributed by atoms with E-state index < -0.39 is 24.6 Å². The zero-order valence-electron chi connectivity index (χ0n) is 19.4. The molecule has 37 heavy (non-hydrogen) atoms. The first-order chi connectivity index (χ1) is 17.7. The van der Waals surface area contributed by atoms with Gasteiger partial charge in [-0.3, -0.25) is 9.59 Å². The molecule has 1 unspecified atom stereocenters. The molecule has 0 aliphatic heterocycles. The summed E-state index contributed by atoms with van der Waals surface area (Å²) < 4.78 is 47.5. The highest BCUT2D eigenvalue weighted by molar-refractivity contribution is 5.90. The minimum Gasteiger partial charge on any atom is -0.484 e. The van der Waals surface area contributed by atoms with Gasteiger partial charge in [-0.05, 0) is 31.0 Å². The van der Waals surface area contributed by atoms with E-state index in [1.54, 1.807) is 24.3 Å². The fraction of sp³-hybridized carbons (Fsp3) is 0.292. The Morgan fingerprint density at radius 2 is 1.95 bits per heavy atom. The average molecular weight is 516 g/mol. The van der Waals surface area contributed by atoms with Crippen molar-refractivity contribution in [3.05, 3.63) is 64.8 Å². The number of primary amides is 1. The molecule has 0 saturated heterocycles. The molecule has 2 aromatic carbocycles. The number of hydrogen-bond acceptors (Lipinski definition) is 8. The normalized spacial score (nSPS) is 12.4. The molecular formula is C24H23F3N6O4. The summed E-state index contributed by atoms with van der Waals surface area (Å²) in [6.45, 7) is -0.953. The molecule has 0 aliphatic rings. The second kappa shape index (κ2) is 11.1. The number of benzene rings is 2. The van der Waals surface area contributed by atoms with E-state index in [1.807, 2.05) is 6.07 Å². The van der Waals surface area contributed by atoms with Crippen LogP contribution in [0.1, 0.15) is 31.1 Å². The maximum absolute atomic E-state index is 12.4. The topological polar surface area (TPSA) is 149 Å². The number of rotatable bonds is 11. The van der Waals surface area contributed by atoms with Crippen molar-refractivity contribution >= 4 is 22.5 Å². The van der Waals surface area contributed by atoms with E-state index in [9.17, 15) is 22.8 Å². The molecule has 0 radical (unpaired) electrons. The Morgan fingerprint density at radius 1 is 1.16 bits per heavy atom. The Morgan fingerprint density at radius 3 is 2.70 bits per heavy atom. The monoisotopic (exact) mass is 516 g/mol. The van der Waals surface area contributed by atoms with Crippen molar-refractivity contribution in [2.24, 2.45) is 5.73 Å². The van der Waals surface area contributed by atoms with E-state index in [0.29, 0.717) is 41.5 Å². The van der Waals surface area contributed by atoms with Gasteiger partial charge in [0.25, 0.3) is 5.56 Å². The first kappa shape index (κ1) is 25.7. The number of carbonyl (C=O) groups is 1. The lowest BCUT2D eigenvalue weighted by Crippen LogP contribution is -2.19. The van der Waals surface area contributed by atoms with E-state index in [2.05, 4.69) is 25.7 Å². The van der Waals surface area contributed by atoms with Crippen LogP contribution in [0.3, 0.4) is 0 Å². The predicted molar refractivity (Wildman–Crippen MR) is 128 cm³/mol. The summed E-state index contributed by atoms with van der Waals surface area (Å²) in [6.07, 6.45) is -3.46. The summed E-state index contributed by atoms with van der Waals surface area (Å²) in [4.78, 5) is 27.9. The largest absolute Gasteiger partial charge is 0.484 e. The molecule has 0 fully saturated rings. The Hall–Kier alpha value is -4.42. The van der Waals surface area contributed by atoms with Gasteiger partial charge in [-0.2, -0.15) is 23.3 Å². The molecular weight excluding hydrogens is 493 g/mol. The van der Waals surface area contributed by atoms with Crippen LogP contribution in [0, 0.1) is 0 Å². The summed E-state index contributed by atoms with van der Waals surface area (Å²) in [5.41, 5.74) is 5.52. The average Bonchev–Trinajstić information content (AvgIpc) is 3.36. The van der Waals surface area contributed by atoms with Crippen LogP contribution < -0.4 is 21.3 Å². The second-order valence-corrected chi connectivity index (χ2v) is 8.27. The molecule has 0 bridgehead atoms. The molecule has 4 N–H and O–H groups in total. The third-order valence-corrected chi connectivity index (χ3v) is 5.45. The lowest BCUT2D eigenvalue weighted by molar-refractivity contribution is -0.153. The second-order valence-electron chi connectivity index (χ2n) is 8.27. The maximum Gasteiger partial charge on any atom is 0.422 e. The highest BCUT2D eigenvalue weighted by Gasteiger charge is 2.28. The smallest absolute Gasteiger partial charge is 0.422 e. The van der Waals surface area contributed by atoms with Crippen LogP contribution >= 0.6 is 0 Å². The lowest BCUT2D eigenvalue weighted by Gasteiger charge is -2.12. The van der Waals surface area contributed by atoms with Crippen molar-refractivity contribution in [2.75, 3.05) is 18.5 Å². The van der Waals surface area contributed by atoms with Crippen LogP contribution in [-0.4, -0.2) is 45.6 Å². The summed E-state index contributed by atoms with van der Waals surface area (Å²) in [6, 6.07) is 12.9. The van der Waals surface area contributed by atoms with Crippen LogP contribution in [0.15, 0.2) is 57.8 Å². The number of nitrogens with one attached hydrogen (secondary N) is 2. The molecule has 2 heterocycles. The van der Waals surface area contributed by atoms with E-state index in [4.69, 9.17) is 15.0 Å². The van der Waals surface area contributed by atoms with Gasteiger partial charge in [0.1, 0.15) is 5.75 Å². The highest BCUT2D eigenvalue weighted by Crippen LogP contribution is 2.28. The number of aromatic amines is 1. The van der Waals surface area contributed by atoms with Gasteiger partial charge in [0.2, 0.25) is 17.6 Å². The number of aromatic nitrogens is 4. The van der Waals surface area contributed by atoms with Gasteiger partial charge in [0.05, 0.1) is 5.39 Å². The number of nitrogens with zero attached hydrogens (tertiary/aromatic N) is 3. The number of anilines is 1. The Kier molecular flexibility index (Phi) is 7.70. The standard InChI is InChI=1S/C24H23F3N6O4/c25-24(26,27)13-36-16-7-3-5-14(11-16)20-30-23(37-33-20)15(12-19(28)34)6-4-10-29-21-17-8-1-2-9-18(17)22(35)32-31-21/h1-3,5,7-9,11,15H,4,6,10,12-13H2,(H2,28,34)(H,29,31)(H,32,35). The van der Waals surface area contributed by atoms with Gasteiger partial charge >= 0.3 is 6.18 Å². The number of hydrogen-bond donors (Lipinski definition) is 3. The van der Waals surface area contributed by atoms with E-state index in [0.717, 1.165) is 0 Å². The van der Waals surface area contributed by atoms with Crippen molar-refractivity contribution in [3.63, 3.8) is 0 Å². The van der Waals surface area contributed by atoms with Crippen LogP contribution in [0.25, 0.3) is 22.2 Å². The Labute approximate surface area is 208 Å². The number of ether oxygens (including phenoxy) is 1. The fourth-order valence-electron chi connectivity index (χ4n) is 3.77. The van der Waals surface area contributed by atoms with Crippen LogP contribution in [0.5, 0.6) is 5.75 Å². The minimum absolute atomic E-state index is 0.00401. The lowest BCUT2D eigenvalue weighted by atomic mass is 9.99. The molecule has 13 heteroatoms. The minimum atomic E-state index is -4.47. The van der Waals surface area contributed by atoms with Gasteiger partial charge in [0.15, 0.2) is 12.4 Å². The molecule has 0 aliphatic carbocycles. The summed E-state index contributed by atoms with van der Waals surface area (Å²) in [5.74, 6) is -0.162. The fourth-order valence-corrected chi connectivity index (χ4v) is 3.77. The molecule has 10 nitrogen and oxygen atoms in total. The number of halogens is 3. The number of carbonyl (C=O) groups excluding carboxylic acids is 1. The van der Waals surface area contributed by atoms with E-state index in [-0.39, 0.29) is 29.4 Å². The van der Waals surface area contributed by atoms with Crippen molar-refractivity contribution in [3.8, 4) is 17.1 Å². The van der Waals surface area contributed by atoms with Crippen LogP contribution in [0.4, 0.5) is 19.0 Å². The number of fused-ring (bicyclic) bond motifs is 1. The molecule has 1 atom stereocenters. The molecule has 0 spiro atoms.